The zero-order chi connectivity index (χ0) is 20.6. The lowest BCUT2D eigenvalue weighted by Crippen LogP contribution is -2.14. The van der Waals surface area contributed by atoms with E-state index >= 15 is 0 Å². The van der Waals surface area contributed by atoms with Gasteiger partial charge in [-0.05, 0) is 30.3 Å². The average Bonchev–Trinajstić information content (AvgIpc) is 3.00. The summed E-state index contributed by atoms with van der Waals surface area (Å²) in [4.78, 5) is 3.92. The second-order valence-corrected chi connectivity index (χ2v) is 7.66. The summed E-state index contributed by atoms with van der Waals surface area (Å²) in [5.74, 6) is -2.17. The molecule has 2 aromatic heterocycles. The monoisotopic (exact) mass is 416 g/mol. The van der Waals surface area contributed by atoms with E-state index < -0.39 is 21.7 Å². The molecule has 0 aliphatic carbocycles. The molecule has 148 valence electrons. The first-order valence-electron chi connectivity index (χ1n) is 8.32. The molecular formula is C19H14F2N4O3S. The highest BCUT2D eigenvalue weighted by Crippen LogP contribution is 2.37. The Kier molecular flexibility index (Phi) is 4.55. The van der Waals surface area contributed by atoms with Crippen LogP contribution in [0.2, 0.25) is 0 Å². The SMILES string of the molecule is Nc1oc2c(S(=O)(=O)Nc3ccccc3)nccc2c1Nc1ccc(F)c(F)c1. The molecule has 7 nitrogen and oxygen atoms in total. The molecule has 4 rings (SSSR count). The van der Waals surface area contributed by atoms with Crippen LogP contribution in [0.5, 0.6) is 0 Å². The Bertz CT molecular complexity index is 1310. The standard InChI is InChI=1S/C19H14F2N4O3S/c20-14-7-6-12(10-15(14)21)24-16-13-8-9-23-19(17(13)28-18(16)22)29(26,27)25-11-4-2-1-3-5-11/h1-10,24-25H,22H2. The molecule has 29 heavy (non-hydrogen) atoms. The van der Waals surface area contributed by atoms with Gasteiger partial charge in [-0.2, -0.15) is 8.42 Å². The first kappa shape index (κ1) is 18.7. The number of aromatic nitrogens is 1. The molecule has 0 saturated carbocycles. The van der Waals surface area contributed by atoms with E-state index in [0.29, 0.717) is 11.1 Å². The molecule has 2 heterocycles. The topological polar surface area (TPSA) is 110 Å². The Morgan fingerprint density at radius 3 is 2.45 bits per heavy atom. The number of nitrogens with two attached hydrogens (primary N) is 1. The van der Waals surface area contributed by atoms with E-state index in [2.05, 4.69) is 15.0 Å². The Morgan fingerprint density at radius 1 is 0.966 bits per heavy atom. The minimum absolute atomic E-state index is 0.0708. The molecule has 0 bridgehead atoms. The van der Waals surface area contributed by atoms with Crippen LogP contribution >= 0.6 is 0 Å². The number of hydrogen-bond donors (Lipinski definition) is 3. The number of sulfonamides is 1. The number of benzene rings is 2. The van der Waals surface area contributed by atoms with Crippen LogP contribution in [-0.2, 0) is 10.0 Å². The van der Waals surface area contributed by atoms with Gasteiger partial charge in [-0.1, -0.05) is 18.2 Å². The minimum Gasteiger partial charge on any atom is -0.436 e. The van der Waals surface area contributed by atoms with Gasteiger partial charge in [0.25, 0.3) is 10.0 Å². The normalized spacial score (nSPS) is 11.5. The minimum atomic E-state index is -4.08. The van der Waals surface area contributed by atoms with Gasteiger partial charge in [0, 0.05) is 23.6 Å². The third-order valence-electron chi connectivity index (χ3n) is 4.07. The second-order valence-electron chi connectivity index (χ2n) is 6.06. The van der Waals surface area contributed by atoms with E-state index in [1.165, 1.54) is 18.3 Å². The van der Waals surface area contributed by atoms with Gasteiger partial charge in [0.1, 0.15) is 5.69 Å². The summed E-state index contributed by atoms with van der Waals surface area (Å²) < 4.78 is 60.1. The summed E-state index contributed by atoms with van der Waals surface area (Å²) in [6, 6.07) is 13.0. The van der Waals surface area contributed by atoms with E-state index in [-0.39, 0.29) is 27.9 Å². The number of furan rings is 1. The maximum atomic E-state index is 13.5. The van der Waals surface area contributed by atoms with Crippen LogP contribution in [0.15, 0.2) is 70.2 Å². The van der Waals surface area contributed by atoms with Crippen LogP contribution in [0.25, 0.3) is 11.0 Å². The van der Waals surface area contributed by atoms with Crippen molar-refractivity contribution < 1.29 is 21.6 Å². The van der Waals surface area contributed by atoms with Gasteiger partial charge >= 0.3 is 0 Å². The van der Waals surface area contributed by atoms with E-state index in [1.807, 2.05) is 0 Å². The van der Waals surface area contributed by atoms with Crippen molar-refractivity contribution in [3.05, 3.63) is 72.4 Å². The molecule has 0 amide bonds. The molecule has 2 aromatic carbocycles. The lowest BCUT2D eigenvalue weighted by Gasteiger charge is -2.08. The van der Waals surface area contributed by atoms with Crippen molar-refractivity contribution in [2.45, 2.75) is 5.03 Å². The van der Waals surface area contributed by atoms with Crippen molar-refractivity contribution in [2.24, 2.45) is 0 Å². The molecule has 0 aliphatic rings. The third-order valence-corrected chi connectivity index (χ3v) is 5.37. The number of rotatable bonds is 5. The summed E-state index contributed by atoms with van der Waals surface area (Å²) in [5, 5.41) is 2.78. The van der Waals surface area contributed by atoms with Crippen LogP contribution in [0.1, 0.15) is 0 Å². The van der Waals surface area contributed by atoms with Crippen LogP contribution in [0.3, 0.4) is 0 Å². The first-order valence-corrected chi connectivity index (χ1v) is 9.80. The highest BCUT2D eigenvalue weighted by atomic mass is 32.2. The fourth-order valence-electron chi connectivity index (χ4n) is 2.77. The number of halogens is 2. The molecule has 4 N–H and O–H groups in total. The van der Waals surface area contributed by atoms with Gasteiger partial charge in [-0.15, -0.1) is 0 Å². The fraction of sp³-hybridized carbons (Fsp3) is 0. The summed E-state index contributed by atoms with van der Waals surface area (Å²) in [6.45, 7) is 0. The third kappa shape index (κ3) is 3.57. The molecule has 0 saturated heterocycles. The molecule has 4 aromatic rings. The number of fused-ring (bicyclic) bond motifs is 1. The van der Waals surface area contributed by atoms with Crippen LogP contribution in [-0.4, -0.2) is 13.4 Å². The molecular weight excluding hydrogens is 402 g/mol. The van der Waals surface area contributed by atoms with Gasteiger partial charge in [-0.25, -0.2) is 13.8 Å². The van der Waals surface area contributed by atoms with E-state index in [0.717, 1.165) is 12.1 Å². The summed E-state index contributed by atoms with van der Waals surface area (Å²) in [7, 11) is -4.08. The predicted molar refractivity (Wildman–Crippen MR) is 105 cm³/mol. The number of nitrogens with one attached hydrogen (secondary N) is 2. The first-order chi connectivity index (χ1) is 13.8. The predicted octanol–water partition coefficient (Wildman–Crippen LogP) is 4.23. The largest absolute Gasteiger partial charge is 0.436 e. The lowest BCUT2D eigenvalue weighted by atomic mass is 10.2. The smallest absolute Gasteiger partial charge is 0.283 e. The molecule has 0 unspecified atom stereocenters. The van der Waals surface area contributed by atoms with Gasteiger partial charge < -0.3 is 15.5 Å². The molecule has 0 fully saturated rings. The zero-order valence-electron chi connectivity index (χ0n) is 14.7. The van der Waals surface area contributed by atoms with Gasteiger partial charge in [0.2, 0.25) is 10.9 Å². The van der Waals surface area contributed by atoms with Crippen molar-refractivity contribution in [1.29, 1.82) is 0 Å². The van der Waals surface area contributed by atoms with Crippen LogP contribution in [0, 0.1) is 11.6 Å². The Morgan fingerprint density at radius 2 is 1.72 bits per heavy atom. The summed E-state index contributed by atoms with van der Waals surface area (Å²) >= 11 is 0. The summed E-state index contributed by atoms with van der Waals surface area (Å²) in [5.41, 5.74) is 6.60. The molecule has 0 aliphatic heterocycles. The van der Waals surface area contributed by atoms with Crippen LogP contribution < -0.4 is 15.8 Å². The number of nitrogens with zero attached hydrogens (tertiary/aromatic N) is 1. The number of pyridine rings is 1. The van der Waals surface area contributed by atoms with E-state index in [4.69, 9.17) is 10.2 Å². The van der Waals surface area contributed by atoms with Crippen molar-refractivity contribution in [1.82, 2.24) is 4.98 Å². The maximum absolute atomic E-state index is 13.5. The van der Waals surface area contributed by atoms with Crippen LogP contribution in [0.4, 0.5) is 31.7 Å². The highest BCUT2D eigenvalue weighted by Gasteiger charge is 2.25. The quantitative estimate of drug-likeness (QED) is 0.449. The van der Waals surface area contributed by atoms with Crippen molar-refractivity contribution in [2.75, 3.05) is 15.8 Å². The van der Waals surface area contributed by atoms with Gasteiger partial charge in [0.15, 0.2) is 17.2 Å². The van der Waals surface area contributed by atoms with Gasteiger partial charge in [-0.3, -0.25) is 4.72 Å². The van der Waals surface area contributed by atoms with E-state index in [1.54, 1.807) is 30.3 Å². The molecule has 0 radical (unpaired) electrons. The maximum Gasteiger partial charge on any atom is 0.283 e. The Hall–Kier alpha value is -3.66. The van der Waals surface area contributed by atoms with E-state index in [9.17, 15) is 17.2 Å². The molecule has 0 spiro atoms. The number of hydrogen-bond acceptors (Lipinski definition) is 6. The zero-order valence-corrected chi connectivity index (χ0v) is 15.5. The number of nitrogen functional groups attached to an aromatic ring is 1. The van der Waals surface area contributed by atoms with Crippen molar-refractivity contribution in [3.63, 3.8) is 0 Å². The highest BCUT2D eigenvalue weighted by molar-refractivity contribution is 7.92. The average molecular weight is 416 g/mol. The second kappa shape index (κ2) is 7.06. The Labute approximate surface area is 164 Å². The number of para-hydroxylation sites is 1. The van der Waals surface area contributed by atoms with Gasteiger partial charge in [0.05, 0.1) is 5.39 Å². The van der Waals surface area contributed by atoms with Crippen molar-refractivity contribution in [3.8, 4) is 0 Å². The lowest BCUT2D eigenvalue weighted by molar-refractivity contribution is 0.509. The molecule has 10 heteroatoms. The molecule has 0 atom stereocenters. The summed E-state index contributed by atoms with van der Waals surface area (Å²) in [6.07, 6.45) is 1.28. The Balaban J connectivity index is 1.76. The number of anilines is 4. The van der Waals surface area contributed by atoms with Crippen molar-refractivity contribution >= 4 is 43.9 Å². The fourth-order valence-corrected chi connectivity index (χ4v) is 3.90.